The molecule has 188 valence electrons. The highest BCUT2D eigenvalue weighted by Gasteiger charge is 2.46. The van der Waals surface area contributed by atoms with E-state index in [-0.39, 0.29) is 19.2 Å². The van der Waals surface area contributed by atoms with Crippen LogP contribution in [0, 0.1) is 0 Å². The van der Waals surface area contributed by atoms with E-state index in [9.17, 15) is 14.4 Å². The minimum Gasteiger partial charge on any atom is -0.464 e. The second-order valence-electron chi connectivity index (χ2n) is 7.83. The second kappa shape index (κ2) is 16.0. The highest BCUT2D eigenvalue weighted by atomic mass is 16.8. The Bertz CT molecular complexity index is 750. The Morgan fingerprint density at radius 3 is 1.94 bits per heavy atom. The first-order valence-corrected chi connectivity index (χ1v) is 12.1. The van der Waals surface area contributed by atoms with E-state index < -0.39 is 30.4 Å². The number of esters is 3. The average molecular weight is 477 g/mol. The van der Waals surface area contributed by atoms with Gasteiger partial charge in [-0.15, -0.1) is 0 Å². The first-order chi connectivity index (χ1) is 16.6. The van der Waals surface area contributed by atoms with Crippen LogP contribution >= 0.6 is 0 Å². The van der Waals surface area contributed by atoms with Crippen LogP contribution in [0.5, 0.6) is 0 Å². The summed E-state index contributed by atoms with van der Waals surface area (Å²) in [6.07, 6.45) is 7.61. The molecule has 1 heterocycles. The number of hydrogen-bond donors (Lipinski definition) is 0. The Hall–Kier alpha value is -2.71. The summed E-state index contributed by atoms with van der Waals surface area (Å²) in [6.45, 7) is 4.19. The van der Waals surface area contributed by atoms with E-state index in [4.69, 9.17) is 23.7 Å². The summed E-state index contributed by atoms with van der Waals surface area (Å²) >= 11 is 0. The number of allylic oxidation sites excluding steroid dienone is 1. The van der Waals surface area contributed by atoms with Gasteiger partial charge in [0.05, 0.1) is 25.4 Å². The Morgan fingerprint density at radius 1 is 0.794 bits per heavy atom. The zero-order valence-electron chi connectivity index (χ0n) is 20.1. The number of ether oxygens (including phenoxy) is 5. The van der Waals surface area contributed by atoms with E-state index in [2.05, 4.69) is 0 Å². The minimum atomic E-state index is -1.12. The zero-order valence-corrected chi connectivity index (χ0v) is 20.1. The molecule has 0 N–H and O–H groups in total. The van der Waals surface area contributed by atoms with E-state index in [0.29, 0.717) is 12.2 Å². The number of rotatable bonds is 15. The fourth-order valence-electron chi connectivity index (χ4n) is 3.46. The molecule has 0 amide bonds. The maximum atomic E-state index is 12.1. The summed E-state index contributed by atoms with van der Waals surface area (Å²) in [7, 11) is 0. The molecule has 2 rings (SSSR count). The quantitative estimate of drug-likeness (QED) is 0.159. The van der Waals surface area contributed by atoms with Gasteiger partial charge in [-0.1, -0.05) is 50.0 Å². The standard InChI is InChI=1S/C26H36O8/c1-3-30-25(28)22-23(26(29)31-4-2)34-21(33-22)18-14-9-7-5-6-8-10-15-19-32-24(27)20-16-12-11-13-17-20/h11-14,16-18,21-23H,3-10,15,19H2,1-2H3/b18-14+/t22-,23-/m1/s1. The van der Waals surface area contributed by atoms with Gasteiger partial charge in [0.15, 0.2) is 18.5 Å². The average Bonchev–Trinajstić information content (AvgIpc) is 3.28. The van der Waals surface area contributed by atoms with Crippen molar-refractivity contribution in [3.05, 3.63) is 48.0 Å². The fraction of sp³-hybridized carbons (Fsp3) is 0.577. The van der Waals surface area contributed by atoms with Crippen LogP contribution in [0.25, 0.3) is 0 Å². The van der Waals surface area contributed by atoms with E-state index in [1.165, 1.54) is 0 Å². The normalized spacial score (nSPS) is 18.2. The molecule has 0 radical (unpaired) electrons. The number of carbonyl (C=O) groups excluding carboxylic acids is 3. The molecular weight excluding hydrogens is 440 g/mol. The predicted molar refractivity (Wildman–Crippen MR) is 125 cm³/mol. The third kappa shape index (κ3) is 9.65. The first kappa shape index (κ1) is 27.5. The molecule has 8 nitrogen and oxygen atoms in total. The Kier molecular flexibility index (Phi) is 13.0. The molecule has 0 aliphatic carbocycles. The molecule has 0 bridgehead atoms. The SMILES string of the molecule is CCOC(=O)[C@@H]1OC(/C=C/CCCCCCCCOC(=O)c2ccccc2)O[C@H]1C(=O)OCC. The zero-order chi connectivity index (χ0) is 24.6. The number of benzene rings is 1. The number of carbonyl (C=O) groups is 3. The van der Waals surface area contributed by atoms with Crippen molar-refractivity contribution in [3.63, 3.8) is 0 Å². The van der Waals surface area contributed by atoms with Crippen molar-refractivity contribution < 1.29 is 38.1 Å². The van der Waals surface area contributed by atoms with Crippen molar-refractivity contribution in [2.24, 2.45) is 0 Å². The fourth-order valence-corrected chi connectivity index (χ4v) is 3.46. The van der Waals surface area contributed by atoms with Crippen molar-refractivity contribution in [3.8, 4) is 0 Å². The smallest absolute Gasteiger partial charge is 0.338 e. The largest absolute Gasteiger partial charge is 0.464 e. The Balaban J connectivity index is 1.55. The third-order valence-electron chi connectivity index (χ3n) is 5.18. The Morgan fingerprint density at radius 2 is 1.35 bits per heavy atom. The summed E-state index contributed by atoms with van der Waals surface area (Å²) in [5.74, 6) is -1.54. The maximum absolute atomic E-state index is 12.1. The molecular formula is C26H36O8. The van der Waals surface area contributed by atoms with Crippen LogP contribution in [-0.4, -0.2) is 56.2 Å². The van der Waals surface area contributed by atoms with E-state index in [1.807, 2.05) is 24.3 Å². The molecule has 34 heavy (non-hydrogen) atoms. The van der Waals surface area contributed by atoms with Crippen LogP contribution in [0.1, 0.15) is 69.2 Å². The first-order valence-electron chi connectivity index (χ1n) is 12.1. The van der Waals surface area contributed by atoms with Gasteiger partial charge in [0, 0.05) is 0 Å². The van der Waals surface area contributed by atoms with Gasteiger partial charge in [0.1, 0.15) is 0 Å². The lowest BCUT2D eigenvalue weighted by Crippen LogP contribution is -2.39. The summed E-state index contributed by atoms with van der Waals surface area (Å²) in [5.41, 5.74) is 0.580. The lowest BCUT2D eigenvalue weighted by Gasteiger charge is -2.13. The van der Waals surface area contributed by atoms with Gasteiger partial charge < -0.3 is 23.7 Å². The predicted octanol–water partition coefficient (Wildman–Crippen LogP) is 4.37. The molecule has 1 aliphatic heterocycles. The summed E-state index contributed by atoms with van der Waals surface area (Å²) in [4.78, 5) is 36.0. The molecule has 1 aliphatic rings. The highest BCUT2D eigenvalue weighted by molar-refractivity contribution is 5.89. The van der Waals surface area contributed by atoms with Gasteiger partial charge in [-0.2, -0.15) is 0 Å². The molecule has 0 spiro atoms. The summed E-state index contributed by atoms with van der Waals surface area (Å²) < 4.78 is 26.3. The van der Waals surface area contributed by atoms with Gasteiger partial charge in [-0.05, 0) is 51.3 Å². The summed E-state index contributed by atoms with van der Waals surface area (Å²) in [6, 6.07) is 9.00. The van der Waals surface area contributed by atoms with Gasteiger partial charge >= 0.3 is 17.9 Å². The lowest BCUT2D eigenvalue weighted by atomic mass is 10.1. The van der Waals surface area contributed by atoms with Gasteiger partial charge in [0.25, 0.3) is 0 Å². The van der Waals surface area contributed by atoms with Crippen LogP contribution in [0.4, 0.5) is 0 Å². The topological polar surface area (TPSA) is 97.4 Å². The number of hydrogen-bond acceptors (Lipinski definition) is 8. The molecule has 0 unspecified atom stereocenters. The monoisotopic (exact) mass is 476 g/mol. The molecule has 1 saturated heterocycles. The molecule has 1 aromatic rings. The van der Waals surface area contributed by atoms with E-state index in [1.54, 1.807) is 32.1 Å². The van der Waals surface area contributed by atoms with Crippen molar-refractivity contribution in [2.45, 2.75) is 77.3 Å². The molecule has 0 aromatic heterocycles. The van der Waals surface area contributed by atoms with Crippen LogP contribution in [0.15, 0.2) is 42.5 Å². The van der Waals surface area contributed by atoms with Gasteiger partial charge in [0.2, 0.25) is 0 Å². The van der Waals surface area contributed by atoms with Crippen LogP contribution in [0.2, 0.25) is 0 Å². The molecule has 8 heteroatoms. The molecule has 2 atom stereocenters. The summed E-state index contributed by atoms with van der Waals surface area (Å²) in [5, 5.41) is 0. The van der Waals surface area contributed by atoms with Gasteiger partial charge in [-0.25, -0.2) is 14.4 Å². The van der Waals surface area contributed by atoms with E-state index in [0.717, 1.165) is 44.9 Å². The van der Waals surface area contributed by atoms with Crippen molar-refractivity contribution >= 4 is 17.9 Å². The van der Waals surface area contributed by atoms with Crippen molar-refractivity contribution in [1.29, 1.82) is 0 Å². The van der Waals surface area contributed by atoms with Crippen molar-refractivity contribution in [1.82, 2.24) is 0 Å². The van der Waals surface area contributed by atoms with Crippen LogP contribution < -0.4 is 0 Å². The third-order valence-corrected chi connectivity index (χ3v) is 5.18. The van der Waals surface area contributed by atoms with Crippen LogP contribution in [-0.2, 0) is 33.3 Å². The second-order valence-corrected chi connectivity index (χ2v) is 7.83. The minimum absolute atomic E-state index is 0.188. The lowest BCUT2D eigenvalue weighted by molar-refractivity contribution is -0.163. The van der Waals surface area contributed by atoms with Crippen molar-refractivity contribution in [2.75, 3.05) is 19.8 Å². The molecule has 1 aromatic carbocycles. The van der Waals surface area contributed by atoms with E-state index >= 15 is 0 Å². The number of unbranched alkanes of at least 4 members (excludes halogenated alkanes) is 6. The van der Waals surface area contributed by atoms with Gasteiger partial charge in [-0.3, -0.25) is 0 Å². The Labute approximate surface area is 201 Å². The molecule has 0 saturated carbocycles. The highest BCUT2D eigenvalue weighted by Crippen LogP contribution is 2.23. The van der Waals surface area contributed by atoms with Crippen LogP contribution in [0.3, 0.4) is 0 Å². The maximum Gasteiger partial charge on any atom is 0.338 e. The molecule has 1 fully saturated rings.